The number of likely N-dealkylation sites (tertiary alicyclic amines) is 1. The van der Waals surface area contributed by atoms with E-state index in [-0.39, 0.29) is 77.9 Å². The van der Waals surface area contributed by atoms with Crippen molar-refractivity contribution in [3.63, 3.8) is 0 Å². The predicted molar refractivity (Wildman–Crippen MR) is 222 cm³/mol. The van der Waals surface area contributed by atoms with Gasteiger partial charge in [0.05, 0.1) is 17.6 Å². The number of piperidine rings is 1. The summed E-state index contributed by atoms with van der Waals surface area (Å²) in [4.78, 5) is 86.2. The average Bonchev–Trinajstić information content (AvgIpc) is 3.66. The Kier molecular flexibility index (Phi) is 18.1. The van der Waals surface area contributed by atoms with Gasteiger partial charge in [-0.1, -0.05) is 67.4 Å². The monoisotopic (exact) mass is 828 g/mol. The van der Waals surface area contributed by atoms with Crippen molar-refractivity contribution in [3.05, 3.63) is 39.8 Å². The highest BCUT2D eigenvalue weighted by molar-refractivity contribution is 7.09. The number of carboxylic acid groups (broad SMARTS) is 1. The van der Waals surface area contributed by atoms with Crippen molar-refractivity contribution in [3.8, 4) is 5.75 Å². The summed E-state index contributed by atoms with van der Waals surface area (Å²) in [7, 11) is 3.62. The lowest BCUT2D eigenvalue weighted by Crippen LogP contribution is -2.58. The molecule has 1 saturated heterocycles. The molecule has 58 heavy (non-hydrogen) atoms. The largest absolute Gasteiger partial charge is 0.506 e. The zero-order chi connectivity index (χ0) is 43.4. The van der Waals surface area contributed by atoms with Gasteiger partial charge in [0.2, 0.25) is 17.7 Å². The molecule has 3 rings (SSSR count). The molecule has 4 amide bonds. The number of nitrogens with zero attached hydrogens (tertiary/aromatic N) is 3. The summed E-state index contributed by atoms with van der Waals surface area (Å²) < 4.78 is 5.78. The fourth-order valence-corrected chi connectivity index (χ4v) is 7.95. The first-order valence-corrected chi connectivity index (χ1v) is 21.2. The fraction of sp³-hybridized carbons (Fsp3) is 0.643. The number of hydrogen-bond donors (Lipinski definition) is 5. The second-order valence-electron chi connectivity index (χ2n) is 16.4. The van der Waals surface area contributed by atoms with E-state index in [1.54, 1.807) is 44.9 Å². The summed E-state index contributed by atoms with van der Waals surface area (Å²) in [6.07, 6.45) is 2.91. The quantitative estimate of drug-likeness (QED) is 0.0845. The summed E-state index contributed by atoms with van der Waals surface area (Å²) in [6.45, 7) is 14.9. The van der Waals surface area contributed by atoms with Crippen molar-refractivity contribution in [1.29, 1.82) is 0 Å². The van der Waals surface area contributed by atoms with Crippen molar-refractivity contribution in [1.82, 2.24) is 25.4 Å². The van der Waals surface area contributed by atoms with Crippen molar-refractivity contribution in [2.75, 3.05) is 26.0 Å². The lowest BCUT2D eigenvalue weighted by atomic mass is 9.92. The number of likely N-dealkylation sites (N-methyl/N-ethyl adjacent to an activating group) is 2. The number of aromatic hydroxyl groups is 1. The zero-order valence-electron chi connectivity index (χ0n) is 35.7. The molecule has 0 bridgehead atoms. The van der Waals surface area contributed by atoms with Crippen LogP contribution in [0, 0.1) is 23.7 Å². The number of rotatable bonds is 20. The number of esters is 1. The number of hydrogen-bond acceptors (Lipinski definition) is 11. The molecule has 5 N–H and O–H groups in total. The lowest BCUT2D eigenvalue weighted by molar-refractivity contribution is -0.149. The maximum atomic E-state index is 14.2. The highest BCUT2D eigenvalue weighted by atomic mass is 32.1. The Labute approximate surface area is 346 Å². The molecule has 322 valence electrons. The minimum atomic E-state index is -1.03. The van der Waals surface area contributed by atoms with Gasteiger partial charge in [0.1, 0.15) is 22.5 Å². The van der Waals surface area contributed by atoms with Crippen LogP contribution >= 0.6 is 11.3 Å². The number of amides is 4. The number of ether oxygens (including phenoxy) is 1. The second-order valence-corrected chi connectivity index (χ2v) is 17.3. The van der Waals surface area contributed by atoms with Crippen LogP contribution in [0.2, 0.25) is 0 Å². The van der Waals surface area contributed by atoms with Crippen LogP contribution in [0.25, 0.3) is 0 Å². The average molecular weight is 829 g/mol. The molecule has 7 atom stereocenters. The van der Waals surface area contributed by atoms with Gasteiger partial charge in [-0.2, -0.15) is 0 Å². The molecule has 15 nitrogen and oxygen atoms in total. The van der Waals surface area contributed by atoms with E-state index in [1.807, 2.05) is 39.6 Å². The minimum Gasteiger partial charge on any atom is -0.506 e. The van der Waals surface area contributed by atoms with Gasteiger partial charge >= 0.3 is 11.9 Å². The molecule has 0 spiro atoms. The Morgan fingerprint density at radius 1 is 1.03 bits per heavy atom. The third-order valence-corrected chi connectivity index (χ3v) is 11.9. The standard InChI is InChI=1S/C42H64N6O9S/c1-11-25(6)36(46-39(53)32-14-12-13-17-47(32)9)41(54)48(10)33(23(2)3)21-35(57-27(8)49)40-45-31(22-58-40)38(52)43-29(18-26(7)42(55)56)19-28-15-16-34(50)30(20-28)44-37(51)24(4)5/h15-16,20,22-26,29,32-33,35-36,50H,11-14,17-19,21H2,1-10H3,(H,43,52)(H,44,51)(H,46,53)(H,55,56)/t25-,26?,29+,32+,33?,35+,36-/m0/s1. The molecule has 2 unspecified atom stereocenters. The third kappa shape index (κ3) is 13.5. The van der Waals surface area contributed by atoms with Crippen LogP contribution in [0.4, 0.5) is 5.69 Å². The number of aliphatic carboxylic acids is 1. The van der Waals surface area contributed by atoms with E-state index in [4.69, 9.17) is 4.74 Å². The van der Waals surface area contributed by atoms with E-state index >= 15 is 0 Å². The van der Waals surface area contributed by atoms with Crippen molar-refractivity contribution in [2.45, 2.75) is 131 Å². The van der Waals surface area contributed by atoms with Gasteiger partial charge < -0.3 is 35.8 Å². The Balaban J connectivity index is 1.85. The molecule has 16 heteroatoms. The number of phenolic OH excluding ortho intramolecular Hbond substituents is 1. The summed E-state index contributed by atoms with van der Waals surface area (Å²) in [5.74, 6) is -4.37. The van der Waals surface area contributed by atoms with Crippen LogP contribution in [0.15, 0.2) is 23.6 Å². The minimum absolute atomic E-state index is 0.0403. The van der Waals surface area contributed by atoms with Crippen molar-refractivity contribution in [2.24, 2.45) is 23.7 Å². The van der Waals surface area contributed by atoms with E-state index < -0.39 is 48.0 Å². The topological polar surface area (TPSA) is 208 Å². The Morgan fingerprint density at radius 3 is 2.31 bits per heavy atom. The van der Waals surface area contributed by atoms with Gasteiger partial charge in [-0.3, -0.25) is 33.7 Å². The molecule has 0 radical (unpaired) electrons. The molecule has 1 fully saturated rings. The number of benzene rings is 1. The normalized spacial score (nSPS) is 17.7. The molecule has 1 aliphatic heterocycles. The first kappa shape index (κ1) is 47.8. The number of carbonyl (C=O) groups is 6. The first-order chi connectivity index (χ1) is 27.2. The SMILES string of the molecule is CC[C@H](C)[C@H](NC(=O)[C@H]1CCCCN1C)C(=O)N(C)C(C[C@@H](OC(C)=O)c1nc(C(=O)N[C@@H](Cc2ccc(O)c(NC(=O)C(C)C)c2)CC(C)C(=O)O)cs1)C(C)C. The summed E-state index contributed by atoms with van der Waals surface area (Å²) in [5.41, 5.74) is 0.884. The van der Waals surface area contributed by atoms with Crippen molar-refractivity contribution < 1.29 is 43.7 Å². The van der Waals surface area contributed by atoms with E-state index in [2.05, 4.69) is 20.9 Å². The molecule has 2 heterocycles. The highest BCUT2D eigenvalue weighted by Crippen LogP contribution is 2.32. The molecule has 1 aromatic heterocycles. The lowest BCUT2D eigenvalue weighted by Gasteiger charge is -2.38. The number of carboxylic acids is 1. The predicted octanol–water partition coefficient (Wildman–Crippen LogP) is 5.39. The van der Waals surface area contributed by atoms with Crippen molar-refractivity contribution >= 4 is 52.6 Å². The van der Waals surface area contributed by atoms with Crippen LogP contribution in [0.5, 0.6) is 5.75 Å². The van der Waals surface area contributed by atoms with Gasteiger partial charge in [0.15, 0.2) is 6.10 Å². The van der Waals surface area contributed by atoms with Crippen LogP contribution in [-0.4, -0.2) is 105 Å². The number of thiazole rings is 1. The molecule has 1 aromatic carbocycles. The molecule has 2 aromatic rings. The Bertz CT molecular complexity index is 1750. The van der Waals surface area contributed by atoms with Crippen LogP contribution in [0.3, 0.4) is 0 Å². The van der Waals surface area contributed by atoms with Crippen LogP contribution < -0.4 is 16.0 Å². The molecular formula is C42H64N6O9S. The summed E-state index contributed by atoms with van der Waals surface area (Å²) in [6, 6.07) is 2.48. The first-order valence-electron chi connectivity index (χ1n) is 20.3. The maximum Gasteiger partial charge on any atom is 0.306 e. The molecular weight excluding hydrogens is 765 g/mol. The smallest absolute Gasteiger partial charge is 0.306 e. The zero-order valence-corrected chi connectivity index (χ0v) is 36.5. The van der Waals surface area contributed by atoms with Gasteiger partial charge in [-0.05, 0) is 68.8 Å². The van der Waals surface area contributed by atoms with Gasteiger partial charge in [-0.25, -0.2) is 4.98 Å². The van der Waals surface area contributed by atoms with Crippen LogP contribution in [-0.2, 0) is 35.1 Å². The van der Waals surface area contributed by atoms with E-state index in [9.17, 15) is 39.0 Å². The van der Waals surface area contributed by atoms with E-state index in [0.717, 1.165) is 37.1 Å². The number of phenols is 1. The number of nitrogens with one attached hydrogen (secondary N) is 3. The number of aromatic nitrogens is 1. The Hall–Kier alpha value is -4.57. The van der Waals surface area contributed by atoms with Crippen LogP contribution in [0.1, 0.15) is 121 Å². The van der Waals surface area contributed by atoms with Gasteiger partial charge in [0, 0.05) is 43.8 Å². The molecule has 1 aliphatic rings. The Morgan fingerprint density at radius 2 is 1.72 bits per heavy atom. The van der Waals surface area contributed by atoms with E-state index in [0.29, 0.717) is 17.0 Å². The van der Waals surface area contributed by atoms with Gasteiger partial charge in [-0.15, -0.1) is 11.3 Å². The van der Waals surface area contributed by atoms with Gasteiger partial charge in [0.25, 0.3) is 5.91 Å². The summed E-state index contributed by atoms with van der Waals surface area (Å²) >= 11 is 1.13. The third-order valence-electron chi connectivity index (χ3n) is 11.0. The van der Waals surface area contributed by atoms with E-state index in [1.165, 1.54) is 18.4 Å². The second kappa shape index (κ2) is 22.0. The molecule has 0 saturated carbocycles. The summed E-state index contributed by atoms with van der Waals surface area (Å²) in [5, 5.41) is 30.6. The highest BCUT2D eigenvalue weighted by Gasteiger charge is 2.37. The fourth-order valence-electron chi connectivity index (χ4n) is 7.11. The molecule has 0 aliphatic carbocycles. The number of anilines is 1. The maximum absolute atomic E-state index is 14.2. The number of carbonyl (C=O) groups excluding carboxylic acids is 5.